The minimum Gasteiger partial charge on any atom is -0.493 e. The summed E-state index contributed by atoms with van der Waals surface area (Å²) in [5.41, 5.74) is 2.00. The fourth-order valence-electron chi connectivity index (χ4n) is 1.35. The van der Waals surface area contributed by atoms with Gasteiger partial charge in [0.15, 0.2) is 5.90 Å². The van der Waals surface area contributed by atoms with Crippen molar-refractivity contribution in [2.24, 2.45) is 0 Å². The van der Waals surface area contributed by atoms with Crippen LogP contribution in [0.1, 0.15) is 17.5 Å². The largest absolute Gasteiger partial charge is 0.493 e. The second kappa shape index (κ2) is 5.75. The molecule has 0 fully saturated rings. The molecule has 0 aromatic heterocycles. The molecular weight excluding hydrogens is 226 g/mol. The van der Waals surface area contributed by atoms with Crippen LogP contribution in [-0.2, 0) is 4.74 Å². The summed E-state index contributed by atoms with van der Waals surface area (Å²) in [6, 6.07) is 3.79. The van der Waals surface area contributed by atoms with Gasteiger partial charge in [-0.3, -0.25) is 5.41 Å². The van der Waals surface area contributed by atoms with Crippen LogP contribution in [0.2, 0.25) is 5.02 Å². The molecule has 16 heavy (non-hydrogen) atoms. The molecule has 0 unspecified atom stereocenters. The normalized spacial score (nSPS) is 10.0. The molecule has 1 aromatic rings. The number of rotatable bonds is 4. The van der Waals surface area contributed by atoms with Crippen molar-refractivity contribution in [1.82, 2.24) is 0 Å². The van der Waals surface area contributed by atoms with Crippen LogP contribution in [0.4, 0.5) is 0 Å². The van der Waals surface area contributed by atoms with Gasteiger partial charge in [-0.15, -0.1) is 0 Å². The first-order chi connectivity index (χ1) is 7.54. The Morgan fingerprint density at radius 2 is 1.88 bits per heavy atom. The summed E-state index contributed by atoms with van der Waals surface area (Å²) in [5, 5.41) is 8.07. The summed E-state index contributed by atoms with van der Waals surface area (Å²) in [4.78, 5) is 0. The van der Waals surface area contributed by atoms with E-state index in [1.165, 1.54) is 7.11 Å². The third-order valence-corrected chi connectivity index (χ3v) is 2.85. The fourth-order valence-corrected chi connectivity index (χ4v) is 1.46. The molecule has 4 heteroatoms. The van der Waals surface area contributed by atoms with E-state index < -0.39 is 0 Å². The van der Waals surface area contributed by atoms with Crippen LogP contribution in [0.25, 0.3) is 0 Å². The topological polar surface area (TPSA) is 42.3 Å². The summed E-state index contributed by atoms with van der Waals surface area (Å²) in [6.07, 6.45) is 0.469. The second-order valence-electron chi connectivity index (χ2n) is 3.60. The van der Waals surface area contributed by atoms with Gasteiger partial charge in [-0.25, -0.2) is 0 Å². The van der Waals surface area contributed by atoms with E-state index in [1.807, 2.05) is 26.0 Å². The predicted octanol–water partition coefficient (Wildman–Crippen LogP) is 3.35. The summed E-state index contributed by atoms with van der Waals surface area (Å²) in [7, 11) is 1.49. The van der Waals surface area contributed by atoms with Gasteiger partial charge in [-0.2, -0.15) is 0 Å². The third kappa shape index (κ3) is 3.42. The van der Waals surface area contributed by atoms with E-state index in [0.717, 1.165) is 21.9 Å². The van der Waals surface area contributed by atoms with Crippen LogP contribution in [0, 0.1) is 19.3 Å². The standard InChI is InChI=1S/C12H16ClNO2/c1-8-6-10(7-9(2)12(8)13)16-5-4-11(14)15-3/h6-7,14H,4-5H2,1-3H3. The van der Waals surface area contributed by atoms with E-state index in [4.69, 9.17) is 26.5 Å². The summed E-state index contributed by atoms with van der Waals surface area (Å²) >= 11 is 6.05. The van der Waals surface area contributed by atoms with Crippen molar-refractivity contribution in [3.05, 3.63) is 28.3 Å². The SMILES string of the molecule is COC(=N)CCOc1cc(C)c(Cl)c(C)c1. The van der Waals surface area contributed by atoms with Crippen LogP contribution in [0.5, 0.6) is 5.75 Å². The molecule has 1 rings (SSSR count). The zero-order valence-corrected chi connectivity index (χ0v) is 10.5. The average Bonchev–Trinajstić information content (AvgIpc) is 2.25. The van der Waals surface area contributed by atoms with E-state index in [1.54, 1.807) is 0 Å². The van der Waals surface area contributed by atoms with Gasteiger partial charge < -0.3 is 9.47 Å². The van der Waals surface area contributed by atoms with Gasteiger partial charge >= 0.3 is 0 Å². The summed E-state index contributed by atoms with van der Waals surface area (Å²) in [5.74, 6) is 1.01. The lowest BCUT2D eigenvalue weighted by atomic mass is 10.1. The van der Waals surface area contributed by atoms with Crippen molar-refractivity contribution in [1.29, 1.82) is 5.41 Å². The minimum absolute atomic E-state index is 0.224. The molecule has 1 aromatic carbocycles. The summed E-state index contributed by atoms with van der Waals surface area (Å²) < 4.78 is 10.3. The lowest BCUT2D eigenvalue weighted by Crippen LogP contribution is -2.07. The highest BCUT2D eigenvalue weighted by molar-refractivity contribution is 6.32. The molecular formula is C12H16ClNO2. The molecule has 88 valence electrons. The molecule has 0 aliphatic rings. The van der Waals surface area contributed by atoms with Gasteiger partial charge in [0.1, 0.15) is 5.75 Å². The molecule has 0 spiro atoms. The Balaban J connectivity index is 2.58. The molecule has 3 nitrogen and oxygen atoms in total. The van der Waals surface area contributed by atoms with E-state index in [0.29, 0.717) is 13.0 Å². The number of ether oxygens (including phenoxy) is 2. The van der Waals surface area contributed by atoms with Crippen LogP contribution in [0.15, 0.2) is 12.1 Å². The molecule has 0 atom stereocenters. The molecule has 0 heterocycles. The van der Waals surface area contributed by atoms with Gasteiger partial charge in [0, 0.05) is 5.02 Å². The van der Waals surface area contributed by atoms with Crippen LogP contribution >= 0.6 is 11.6 Å². The van der Waals surface area contributed by atoms with Crippen LogP contribution < -0.4 is 4.74 Å². The number of halogens is 1. The van der Waals surface area contributed by atoms with Crippen molar-refractivity contribution >= 4 is 17.5 Å². The lowest BCUT2D eigenvalue weighted by Gasteiger charge is -2.09. The van der Waals surface area contributed by atoms with Gasteiger partial charge in [-0.1, -0.05) is 11.6 Å². The Labute approximate surface area is 101 Å². The zero-order valence-electron chi connectivity index (χ0n) is 9.76. The van der Waals surface area contributed by atoms with Gasteiger partial charge in [0.25, 0.3) is 0 Å². The van der Waals surface area contributed by atoms with Crippen molar-refractivity contribution < 1.29 is 9.47 Å². The van der Waals surface area contributed by atoms with Gasteiger partial charge in [0.05, 0.1) is 20.1 Å². The number of benzene rings is 1. The first-order valence-corrected chi connectivity index (χ1v) is 5.43. The van der Waals surface area contributed by atoms with Crippen molar-refractivity contribution in [3.63, 3.8) is 0 Å². The highest BCUT2D eigenvalue weighted by atomic mass is 35.5. The number of aryl methyl sites for hydroxylation is 2. The smallest absolute Gasteiger partial charge is 0.183 e. The first kappa shape index (κ1) is 12.8. The van der Waals surface area contributed by atoms with Crippen LogP contribution in [0.3, 0.4) is 0 Å². The van der Waals surface area contributed by atoms with Crippen LogP contribution in [-0.4, -0.2) is 19.6 Å². The van der Waals surface area contributed by atoms with Gasteiger partial charge in [0.2, 0.25) is 0 Å². The molecule has 0 saturated heterocycles. The molecule has 0 saturated carbocycles. The molecule has 1 N–H and O–H groups in total. The maximum atomic E-state index is 7.30. The monoisotopic (exact) mass is 241 g/mol. The quantitative estimate of drug-likeness (QED) is 0.649. The molecule has 0 bridgehead atoms. The third-order valence-electron chi connectivity index (χ3n) is 2.25. The number of nitrogens with one attached hydrogen (secondary N) is 1. The number of methoxy groups -OCH3 is 1. The Morgan fingerprint density at radius 3 is 2.38 bits per heavy atom. The Kier molecular flexibility index (Phi) is 4.62. The highest BCUT2D eigenvalue weighted by Gasteiger charge is 2.04. The van der Waals surface area contributed by atoms with E-state index in [-0.39, 0.29) is 5.90 Å². The fraction of sp³-hybridized carbons (Fsp3) is 0.417. The molecule has 0 radical (unpaired) electrons. The Morgan fingerprint density at radius 1 is 1.31 bits per heavy atom. The Hall–Kier alpha value is -1.22. The van der Waals surface area contributed by atoms with E-state index >= 15 is 0 Å². The van der Waals surface area contributed by atoms with Crippen molar-refractivity contribution in [3.8, 4) is 5.75 Å². The molecule has 0 aliphatic heterocycles. The van der Waals surface area contributed by atoms with E-state index in [2.05, 4.69) is 0 Å². The summed E-state index contributed by atoms with van der Waals surface area (Å²) in [6.45, 7) is 4.33. The number of hydrogen-bond donors (Lipinski definition) is 1. The average molecular weight is 242 g/mol. The zero-order chi connectivity index (χ0) is 12.1. The Bertz CT molecular complexity index is 368. The lowest BCUT2D eigenvalue weighted by molar-refractivity contribution is 0.307. The van der Waals surface area contributed by atoms with E-state index in [9.17, 15) is 0 Å². The number of hydrogen-bond acceptors (Lipinski definition) is 3. The van der Waals surface area contributed by atoms with Crippen molar-refractivity contribution in [2.75, 3.05) is 13.7 Å². The maximum absolute atomic E-state index is 7.30. The molecule has 0 amide bonds. The minimum atomic E-state index is 0.224. The molecule has 0 aliphatic carbocycles. The highest BCUT2D eigenvalue weighted by Crippen LogP contribution is 2.25. The predicted molar refractivity (Wildman–Crippen MR) is 65.8 cm³/mol. The van der Waals surface area contributed by atoms with Crippen molar-refractivity contribution in [2.45, 2.75) is 20.3 Å². The van der Waals surface area contributed by atoms with Gasteiger partial charge in [-0.05, 0) is 37.1 Å². The maximum Gasteiger partial charge on any atom is 0.183 e. The first-order valence-electron chi connectivity index (χ1n) is 5.05. The second-order valence-corrected chi connectivity index (χ2v) is 3.97.